The van der Waals surface area contributed by atoms with Gasteiger partial charge >= 0.3 is 0 Å². The molecule has 0 aromatic heterocycles. The van der Waals surface area contributed by atoms with Crippen LogP contribution in [0.1, 0.15) is 70.1 Å². The average Bonchev–Trinajstić information content (AvgIpc) is 2.89. The number of anilines is 3. The SMILES string of the molecule is CCC(Cl)(CC)c1ccc(N(c2ccc(C(Cl)(CC)CC)cc2)c2ccccc2C#N)cc1. The Bertz CT molecular complexity index is 1030. The molecule has 2 nitrogen and oxygen atoms in total. The zero-order chi connectivity index (χ0) is 24.1. The molecule has 172 valence electrons. The summed E-state index contributed by atoms with van der Waals surface area (Å²) in [6.07, 6.45) is 3.45. The van der Waals surface area contributed by atoms with Crippen LogP contribution in [0.25, 0.3) is 0 Å². The lowest BCUT2D eigenvalue weighted by atomic mass is 9.92. The molecular weight excluding hydrogens is 447 g/mol. The third-order valence-electron chi connectivity index (χ3n) is 6.79. The summed E-state index contributed by atoms with van der Waals surface area (Å²) in [5.41, 5.74) is 5.63. The van der Waals surface area contributed by atoms with Gasteiger partial charge < -0.3 is 4.90 Å². The van der Waals surface area contributed by atoms with Crippen molar-refractivity contribution in [1.29, 1.82) is 5.26 Å². The summed E-state index contributed by atoms with van der Waals surface area (Å²) in [4.78, 5) is 1.40. The number of nitrogens with zero attached hydrogens (tertiary/aromatic N) is 2. The van der Waals surface area contributed by atoms with Crippen LogP contribution in [0.15, 0.2) is 72.8 Å². The van der Waals surface area contributed by atoms with Gasteiger partial charge in [0, 0.05) is 11.4 Å². The Hall–Kier alpha value is -2.47. The number of rotatable bonds is 9. The predicted octanol–water partition coefficient (Wildman–Crippen LogP) is 9.54. The van der Waals surface area contributed by atoms with Crippen LogP contribution in [0.2, 0.25) is 0 Å². The summed E-state index contributed by atoms with van der Waals surface area (Å²) in [7, 11) is 0. The number of nitriles is 1. The van der Waals surface area contributed by atoms with Crippen molar-refractivity contribution in [1.82, 2.24) is 0 Å². The maximum Gasteiger partial charge on any atom is 0.101 e. The second kappa shape index (κ2) is 10.6. The van der Waals surface area contributed by atoms with Gasteiger partial charge in [-0.2, -0.15) is 5.26 Å². The van der Waals surface area contributed by atoms with Gasteiger partial charge in [0.05, 0.1) is 21.0 Å². The molecule has 0 atom stereocenters. The van der Waals surface area contributed by atoms with E-state index in [0.717, 1.165) is 53.9 Å². The van der Waals surface area contributed by atoms with Crippen molar-refractivity contribution in [2.75, 3.05) is 4.90 Å². The van der Waals surface area contributed by atoms with E-state index in [1.54, 1.807) is 0 Å². The van der Waals surface area contributed by atoms with E-state index < -0.39 is 0 Å². The Morgan fingerprint density at radius 3 is 1.42 bits per heavy atom. The van der Waals surface area contributed by atoms with Crippen LogP contribution in [0.3, 0.4) is 0 Å². The summed E-state index contributed by atoms with van der Waals surface area (Å²) < 4.78 is 0. The van der Waals surface area contributed by atoms with Crippen molar-refractivity contribution in [3.63, 3.8) is 0 Å². The smallest absolute Gasteiger partial charge is 0.101 e. The van der Waals surface area contributed by atoms with Crippen LogP contribution in [0.5, 0.6) is 0 Å². The normalized spacial score (nSPS) is 11.8. The van der Waals surface area contributed by atoms with Gasteiger partial charge in [-0.3, -0.25) is 0 Å². The third-order valence-corrected chi connectivity index (χ3v) is 8.30. The molecular formula is C29H32Cl2N2. The second-order valence-corrected chi connectivity index (χ2v) is 9.85. The van der Waals surface area contributed by atoms with E-state index in [2.05, 4.69) is 87.2 Å². The number of hydrogen-bond acceptors (Lipinski definition) is 2. The highest BCUT2D eigenvalue weighted by molar-refractivity contribution is 6.24. The number of hydrogen-bond donors (Lipinski definition) is 0. The second-order valence-electron chi connectivity index (χ2n) is 8.40. The van der Waals surface area contributed by atoms with E-state index >= 15 is 0 Å². The summed E-state index contributed by atoms with van der Waals surface area (Å²) >= 11 is 13.7. The van der Waals surface area contributed by atoms with Crippen LogP contribution in [0, 0.1) is 11.3 Å². The zero-order valence-electron chi connectivity index (χ0n) is 19.9. The Kier molecular flexibility index (Phi) is 8.11. The molecule has 3 aromatic carbocycles. The van der Waals surface area contributed by atoms with E-state index in [1.807, 2.05) is 24.3 Å². The first-order valence-corrected chi connectivity index (χ1v) is 12.5. The van der Waals surface area contributed by atoms with E-state index in [4.69, 9.17) is 23.2 Å². The molecule has 0 radical (unpaired) electrons. The highest BCUT2D eigenvalue weighted by Gasteiger charge is 2.27. The lowest BCUT2D eigenvalue weighted by Crippen LogP contribution is -2.17. The molecule has 4 heteroatoms. The molecule has 0 unspecified atom stereocenters. The molecule has 0 saturated carbocycles. The van der Waals surface area contributed by atoms with Crippen LogP contribution < -0.4 is 4.90 Å². The van der Waals surface area contributed by atoms with Crippen molar-refractivity contribution in [3.8, 4) is 6.07 Å². The van der Waals surface area contributed by atoms with Gasteiger partial charge in [0.2, 0.25) is 0 Å². The van der Waals surface area contributed by atoms with Crippen molar-refractivity contribution in [3.05, 3.63) is 89.5 Å². The van der Waals surface area contributed by atoms with Gasteiger partial charge in [0.15, 0.2) is 0 Å². The van der Waals surface area contributed by atoms with Crippen LogP contribution in [-0.4, -0.2) is 0 Å². The molecule has 0 aliphatic carbocycles. The molecule has 0 heterocycles. The number of alkyl halides is 2. The summed E-state index contributed by atoms with van der Waals surface area (Å²) in [6, 6.07) is 26.8. The van der Waals surface area contributed by atoms with Gasteiger partial charge in [-0.1, -0.05) is 64.1 Å². The maximum atomic E-state index is 9.78. The highest BCUT2D eigenvalue weighted by Crippen LogP contribution is 2.42. The van der Waals surface area contributed by atoms with Gasteiger partial charge in [0.25, 0.3) is 0 Å². The zero-order valence-corrected chi connectivity index (χ0v) is 21.4. The van der Waals surface area contributed by atoms with Crippen LogP contribution >= 0.6 is 23.2 Å². The lowest BCUT2D eigenvalue weighted by molar-refractivity contribution is 0.566. The Labute approximate surface area is 208 Å². The van der Waals surface area contributed by atoms with Gasteiger partial charge in [0.1, 0.15) is 6.07 Å². The summed E-state index contributed by atoms with van der Waals surface area (Å²) in [6.45, 7) is 8.46. The Balaban J connectivity index is 2.12. The van der Waals surface area contributed by atoms with Gasteiger partial charge in [-0.15, -0.1) is 23.2 Å². The quantitative estimate of drug-likeness (QED) is 0.286. The minimum atomic E-state index is -0.362. The molecule has 0 aliphatic heterocycles. The van der Waals surface area contributed by atoms with Crippen LogP contribution in [-0.2, 0) is 9.75 Å². The predicted molar refractivity (Wildman–Crippen MR) is 142 cm³/mol. The van der Waals surface area contributed by atoms with Crippen molar-refractivity contribution in [2.45, 2.75) is 63.1 Å². The van der Waals surface area contributed by atoms with E-state index in [0.29, 0.717) is 5.56 Å². The Morgan fingerprint density at radius 1 is 0.667 bits per heavy atom. The number of benzene rings is 3. The first-order chi connectivity index (χ1) is 15.9. The first-order valence-electron chi connectivity index (χ1n) is 11.7. The largest absolute Gasteiger partial charge is 0.309 e. The first kappa shape index (κ1) is 25.2. The minimum Gasteiger partial charge on any atom is -0.309 e. The van der Waals surface area contributed by atoms with Gasteiger partial charge in [-0.25, -0.2) is 0 Å². The fourth-order valence-corrected chi connectivity index (χ4v) is 4.58. The monoisotopic (exact) mass is 478 g/mol. The number of para-hydroxylation sites is 1. The summed E-state index contributed by atoms with van der Waals surface area (Å²) in [5, 5.41) is 9.78. The molecule has 0 fully saturated rings. The topological polar surface area (TPSA) is 27.0 Å². The molecule has 0 amide bonds. The third kappa shape index (κ3) is 5.06. The fourth-order valence-electron chi connectivity index (χ4n) is 4.33. The minimum absolute atomic E-state index is 0.362. The van der Waals surface area contributed by atoms with E-state index in [9.17, 15) is 5.26 Å². The van der Waals surface area contributed by atoms with E-state index in [1.165, 1.54) is 0 Å². The molecule has 0 spiro atoms. The molecule has 0 N–H and O–H groups in total. The molecule has 0 aliphatic rings. The fraction of sp³-hybridized carbons (Fsp3) is 0.345. The van der Waals surface area contributed by atoms with Crippen molar-refractivity contribution in [2.24, 2.45) is 0 Å². The summed E-state index contributed by atoms with van der Waals surface area (Å²) in [5.74, 6) is 0. The number of halogens is 2. The highest BCUT2D eigenvalue weighted by atomic mass is 35.5. The molecule has 0 bridgehead atoms. The van der Waals surface area contributed by atoms with Crippen LogP contribution in [0.4, 0.5) is 17.1 Å². The Morgan fingerprint density at radius 2 is 1.06 bits per heavy atom. The lowest BCUT2D eigenvalue weighted by Gasteiger charge is -2.29. The average molecular weight is 479 g/mol. The van der Waals surface area contributed by atoms with E-state index in [-0.39, 0.29) is 9.75 Å². The van der Waals surface area contributed by atoms with Crippen molar-refractivity contribution < 1.29 is 0 Å². The standard InChI is InChI=1S/C29H32Cl2N2/c1-5-28(30,6-2)23-13-17-25(18-14-23)33(27-12-10-9-11-22(27)21-32)26-19-15-24(16-20-26)29(31,7-3)8-4/h9-20H,5-8H2,1-4H3. The molecule has 3 rings (SSSR count). The molecule has 33 heavy (non-hydrogen) atoms. The molecule has 0 saturated heterocycles. The molecule has 3 aromatic rings. The van der Waals surface area contributed by atoms with Crippen molar-refractivity contribution >= 4 is 40.3 Å². The van der Waals surface area contributed by atoms with Gasteiger partial charge in [-0.05, 0) is 73.2 Å². The maximum absolute atomic E-state index is 9.78.